The largest absolute Gasteiger partial charge is 0.482 e. The number of nitrogens with zero attached hydrogens (tertiary/aromatic N) is 1. The molecule has 70 valence electrons. The molecule has 1 aliphatic heterocycles. The standard InChI is InChI=1S/C8H8F2N2O/c9-6-3-12-4-7(10)8(6)13-5-1-11-2-5/h3-5,11H,1-2H2. The minimum atomic E-state index is -0.757. The first kappa shape index (κ1) is 8.37. The van der Waals surface area contributed by atoms with E-state index >= 15 is 0 Å². The Morgan fingerprint density at radius 1 is 1.31 bits per heavy atom. The molecule has 0 spiro atoms. The highest BCUT2D eigenvalue weighted by Gasteiger charge is 2.22. The first-order valence-electron chi connectivity index (χ1n) is 3.94. The Morgan fingerprint density at radius 3 is 2.38 bits per heavy atom. The van der Waals surface area contributed by atoms with Crippen molar-refractivity contribution < 1.29 is 13.5 Å². The summed E-state index contributed by atoms with van der Waals surface area (Å²) in [5.41, 5.74) is 0. The van der Waals surface area contributed by atoms with Crippen LogP contribution in [0.15, 0.2) is 12.4 Å². The maximum atomic E-state index is 12.9. The van der Waals surface area contributed by atoms with Crippen molar-refractivity contribution in [1.82, 2.24) is 10.3 Å². The molecule has 0 radical (unpaired) electrons. The lowest BCUT2D eigenvalue weighted by atomic mass is 10.2. The van der Waals surface area contributed by atoms with Crippen molar-refractivity contribution in [2.75, 3.05) is 13.1 Å². The summed E-state index contributed by atoms with van der Waals surface area (Å²) in [7, 11) is 0. The molecule has 0 aliphatic carbocycles. The first-order chi connectivity index (χ1) is 6.27. The van der Waals surface area contributed by atoms with Gasteiger partial charge in [0.2, 0.25) is 0 Å². The quantitative estimate of drug-likeness (QED) is 0.738. The molecule has 0 saturated carbocycles. The van der Waals surface area contributed by atoms with Crippen LogP contribution >= 0.6 is 0 Å². The summed E-state index contributed by atoms with van der Waals surface area (Å²) in [6, 6.07) is 0. The van der Waals surface area contributed by atoms with Crippen LogP contribution < -0.4 is 10.1 Å². The van der Waals surface area contributed by atoms with Gasteiger partial charge < -0.3 is 10.1 Å². The van der Waals surface area contributed by atoms with E-state index in [2.05, 4.69) is 10.3 Å². The van der Waals surface area contributed by atoms with Gasteiger partial charge in [-0.1, -0.05) is 0 Å². The second kappa shape index (κ2) is 3.26. The van der Waals surface area contributed by atoms with Crippen molar-refractivity contribution in [3.63, 3.8) is 0 Å². The van der Waals surface area contributed by atoms with Crippen LogP contribution in [0.2, 0.25) is 0 Å². The molecule has 2 rings (SSSR count). The van der Waals surface area contributed by atoms with E-state index in [1.165, 1.54) is 0 Å². The van der Waals surface area contributed by atoms with Crippen molar-refractivity contribution in [3.05, 3.63) is 24.0 Å². The maximum absolute atomic E-state index is 12.9. The van der Waals surface area contributed by atoms with Crippen LogP contribution in [0.25, 0.3) is 0 Å². The molecule has 1 aromatic rings. The van der Waals surface area contributed by atoms with Crippen LogP contribution in [-0.2, 0) is 0 Å². The SMILES string of the molecule is Fc1cncc(F)c1OC1CNC1. The summed E-state index contributed by atoms with van der Waals surface area (Å²) < 4.78 is 30.9. The number of hydrogen-bond donors (Lipinski definition) is 1. The molecule has 0 atom stereocenters. The Hall–Kier alpha value is -1.23. The van der Waals surface area contributed by atoms with Crippen molar-refractivity contribution >= 4 is 0 Å². The first-order valence-corrected chi connectivity index (χ1v) is 3.94. The molecule has 1 aliphatic rings. The molecule has 0 amide bonds. The summed E-state index contributed by atoms with van der Waals surface area (Å²) in [6.07, 6.45) is 1.74. The molecular weight excluding hydrogens is 178 g/mol. The summed E-state index contributed by atoms with van der Waals surface area (Å²) >= 11 is 0. The van der Waals surface area contributed by atoms with E-state index in [-0.39, 0.29) is 11.9 Å². The van der Waals surface area contributed by atoms with Gasteiger partial charge in [0.1, 0.15) is 6.10 Å². The van der Waals surface area contributed by atoms with Gasteiger partial charge in [-0.05, 0) is 0 Å². The third-order valence-corrected chi connectivity index (χ3v) is 1.84. The van der Waals surface area contributed by atoms with Crippen molar-refractivity contribution in [1.29, 1.82) is 0 Å². The second-order valence-electron chi connectivity index (χ2n) is 2.83. The molecule has 0 bridgehead atoms. The normalized spacial score (nSPS) is 16.8. The molecule has 13 heavy (non-hydrogen) atoms. The van der Waals surface area contributed by atoms with Crippen LogP contribution in [-0.4, -0.2) is 24.2 Å². The molecule has 1 saturated heterocycles. The fourth-order valence-electron chi connectivity index (χ4n) is 1.02. The van der Waals surface area contributed by atoms with Crippen molar-refractivity contribution in [3.8, 4) is 5.75 Å². The van der Waals surface area contributed by atoms with Crippen molar-refractivity contribution in [2.24, 2.45) is 0 Å². The molecule has 1 fully saturated rings. The summed E-state index contributed by atoms with van der Waals surface area (Å²) in [5, 5.41) is 2.93. The summed E-state index contributed by atoms with van der Waals surface area (Å²) in [6.45, 7) is 1.25. The lowest BCUT2D eigenvalue weighted by Crippen LogP contribution is -2.50. The Labute approximate surface area is 73.7 Å². The molecule has 1 aromatic heterocycles. The Morgan fingerprint density at radius 2 is 1.92 bits per heavy atom. The van der Waals surface area contributed by atoms with Gasteiger partial charge in [-0.3, -0.25) is 4.98 Å². The van der Waals surface area contributed by atoms with Crippen LogP contribution in [0, 0.1) is 11.6 Å². The van der Waals surface area contributed by atoms with E-state index < -0.39 is 11.6 Å². The summed E-state index contributed by atoms with van der Waals surface area (Å²) in [5.74, 6) is -1.85. The Balaban J connectivity index is 2.17. The van der Waals surface area contributed by atoms with Crippen LogP contribution in [0.3, 0.4) is 0 Å². The molecule has 0 unspecified atom stereocenters. The van der Waals surface area contributed by atoms with Gasteiger partial charge in [0.05, 0.1) is 12.4 Å². The molecule has 3 nitrogen and oxygen atoms in total. The predicted octanol–water partition coefficient (Wildman–Crippen LogP) is 0.710. The number of pyridine rings is 1. The van der Waals surface area contributed by atoms with Gasteiger partial charge in [-0.15, -0.1) is 0 Å². The van der Waals surface area contributed by atoms with Gasteiger partial charge in [0, 0.05) is 13.1 Å². The lowest BCUT2D eigenvalue weighted by molar-refractivity contribution is 0.129. The average Bonchev–Trinajstić information content (AvgIpc) is 2.00. The molecular formula is C8H8F2N2O. The van der Waals surface area contributed by atoms with Gasteiger partial charge >= 0.3 is 0 Å². The molecule has 1 N–H and O–H groups in total. The lowest BCUT2D eigenvalue weighted by Gasteiger charge is -2.27. The molecule has 0 aromatic carbocycles. The number of nitrogens with one attached hydrogen (secondary N) is 1. The molecule has 2 heterocycles. The zero-order valence-electron chi connectivity index (χ0n) is 6.76. The van der Waals surface area contributed by atoms with Gasteiger partial charge in [0.15, 0.2) is 17.4 Å². The number of aromatic nitrogens is 1. The molecule has 5 heteroatoms. The smallest absolute Gasteiger partial charge is 0.194 e. The monoisotopic (exact) mass is 186 g/mol. The minimum absolute atomic E-state index is 0.133. The maximum Gasteiger partial charge on any atom is 0.194 e. The zero-order chi connectivity index (χ0) is 9.26. The van der Waals surface area contributed by atoms with E-state index in [1.54, 1.807) is 0 Å². The van der Waals surface area contributed by atoms with E-state index in [9.17, 15) is 8.78 Å². The highest BCUT2D eigenvalue weighted by Crippen LogP contribution is 2.21. The van der Waals surface area contributed by atoms with Gasteiger partial charge in [-0.25, -0.2) is 8.78 Å². The second-order valence-corrected chi connectivity index (χ2v) is 2.83. The summed E-state index contributed by atoms with van der Waals surface area (Å²) in [4.78, 5) is 3.35. The van der Waals surface area contributed by atoms with Crippen LogP contribution in [0.5, 0.6) is 5.75 Å². The third kappa shape index (κ3) is 1.60. The average molecular weight is 186 g/mol. The van der Waals surface area contributed by atoms with Gasteiger partial charge in [-0.2, -0.15) is 0 Å². The zero-order valence-corrected chi connectivity index (χ0v) is 6.76. The number of rotatable bonds is 2. The van der Waals surface area contributed by atoms with Crippen LogP contribution in [0.4, 0.5) is 8.78 Å². The predicted molar refractivity (Wildman–Crippen MR) is 41.4 cm³/mol. The van der Waals surface area contributed by atoms with Gasteiger partial charge in [0.25, 0.3) is 0 Å². The van der Waals surface area contributed by atoms with E-state index in [0.717, 1.165) is 12.4 Å². The Kier molecular flexibility index (Phi) is 2.10. The van der Waals surface area contributed by atoms with Crippen molar-refractivity contribution in [2.45, 2.75) is 6.10 Å². The number of hydrogen-bond acceptors (Lipinski definition) is 3. The number of ether oxygens (including phenoxy) is 1. The number of halogens is 2. The highest BCUT2D eigenvalue weighted by atomic mass is 19.1. The topological polar surface area (TPSA) is 34.1 Å². The Bertz CT molecular complexity index is 295. The minimum Gasteiger partial charge on any atom is -0.482 e. The van der Waals surface area contributed by atoms with E-state index in [0.29, 0.717) is 13.1 Å². The fraction of sp³-hybridized carbons (Fsp3) is 0.375. The highest BCUT2D eigenvalue weighted by molar-refractivity contribution is 5.22. The third-order valence-electron chi connectivity index (χ3n) is 1.84. The van der Waals surface area contributed by atoms with E-state index in [1.807, 2.05) is 0 Å². The van der Waals surface area contributed by atoms with E-state index in [4.69, 9.17) is 4.74 Å². The fourth-order valence-corrected chi connectivity index (χ4v) is 1.02. The van der Waals surface area contributed by atoms with Crippen LogP contribution in [0.1, 0.15) is 0 Å².